The summed E-state index contributed by atoms with van der Waals surface area (Å²) >= 11 is 0. The van der Waals surface area contributed by atoms with Crippen LogP contribution < -0.4 is 10.0 Å². The molecule has 1 aliphatic rings. The third kappa shape index (κ3) is 3.51. The van der Waals surface area contributed by atoms with Crippen molar-refractivity contribution in [3.8, 4) is 0 Å². The predicted molar refractivity (Wildman–Crippen MR) is 92.8 cm³/mol. The Kier molecular flexibility index (Phi) is 5.24. The van der Waals surface area contributed by atoms with Crippen molar-refractivity contribution in [2.24, 2.45) is 7.05 Å². The number of nitrogens with zero attached hydrogens (tertiary/aromatic N) is 1. The zero-order valence-corrected chi connectivity index (χ0v) is 15.7. The van der Waals surface area contributed by atoms with Gasteiger partial charge in [0.05, 0.1) is 11.3 Å². The molecule has 0 fully saturated rings. The lowest BCUT2D eigenvalue weighted by molar-refractivity contribution is 0.101. The van der Waals surface area contributed by atoms with Gasteiger partial charge < -0.3 is 9.88 Å². The van der Waals surface area contributed by atoms with Crippen molar-refractivity contribution < 1.29 is 30.8 Å². The van der Waals surface area contributed by atoms with Crippen molar-refractivity contribution in [2.45, 2.75) is 37.1 Å². The zero-order chi connectivity index (χ0) is 20.8. The number of alkyl halides is 2. The van der Waals surface area contributed by atoms with Crippen molar-refractivity contribution in [2.75, 3.05) is 5.32 Å². The van der Waals surface area contributed by atoms with E-state index in [-0.39, 0.29) is 28.6 Å². The molecule has 152 valence electrons. The van der Waals surface area contributed by atoms with E-state index in [0.29, 0.717) is 12.5 Å². The molecule has 0 saturated carbocycles. The Bertz CT molecular complexity index is 1050. The molecule has 0 saturated heterocycles. The van der Waals surface area contributed by atoms with Gasteiger partial charge in [0.15, 0.2) is 5.82 Å². The Labute approximate surface area is 158 Å². The van der Waals surface area contributed by atoms with E-state index < -0.39 is 45.2 Å². The number of benzene rings is 1. The lowest BCUT2D eigenvalue weighted by atomic mass is 10.1. The number of rotatable bonds is 3. The van der Waals surface area contributed by atoms with Crippen LogP contribution in [-0.2, 0) is 23.5 Å². The Morgan fingerprint density at radius 2 is 2.00 bits per heavy atom. The highest BCUT2D eigenvalue weighted by Crippen LogP contribution is 2.31. The highest BCUT2D eigenvalue weighted by molar-refractivity contribution is 7.89. The quantitative estimate of drug-likeness (QED) is 0.751. The van der Waals surface area contributed by atoms with E-state index in [1.807, 2.05) is 0 Å². The lowest BCUT2D eigenvalue weighted by Crippen LogP contribution is -2.30. The topological polar surface area (TPSA) is 80.2 Å². The predicted octanol–water partition coefficient (Wildman–Crippen LogP) is 3.11. The highest BCUT2D eigenvalue weighted by atomic mass is 32.2. The molecule has 2 N–H and O–H groups in total. The number of aryl methyl sites for hydroxylation is 1. The first kappa shape index (κ1) is 20.3. The molecule has 0 aliphatic carbocycles. The zero-order valence-electron chi connectivity index (χ0n) is 14.9. The van der Waals surface area contributed by atoms with Crippen LogP contribution in [-0.4, -0.2) is 24.9 Å². The van der Waals surface area contributed by atoms with Crippen LogP contribution in [0.25, 0.3) is 0 Å². The van der Waals surface area contributed by atoms with E-state index in [9.17, 15) is 30.8 Å². The van der Waals surface area contributed by atoms with Gasteiger partial charge in [-0.25, -0.2) is 30.7 Å². The monoisotopic (exact) mass is 419 g/mol. The van der Waals surface area contributed by atoms with E-state index in [4.69, 9.17) is 0 Å². The second-order valence-corrected chi connectivity index (χ2v) is 8.25. The van der Waals surface area contributed by atoms with Gasteiger partial charge in [-0.15, -0.1) is 0 Å². The van der Waals surface area contributed by atoms with Gasteiger partial charge >= 0.3 is 0 Å². The van der Waals surface area contributed by atoms with E-state index in [1.165, 1.54) is 17.8 Å². The summed E-state index contributed by atoms with van der Waals surface area (Å²) in [4.78, 5) is 12.6. The van der Waals surface area contributed by atoms with Crippen LogP contribution in [0.1, 0.15) is 41.4 Å². The first-order valence-corrected chi connectivity index (χ1v) is 9.79. The number of sulfonamides is 1. The van der Waals surface area contributed by atoms with Gasteiger partial charge in [0, 0.05) is 24.8 Å². The second kappa shape index (κ2) is 7.21. The summed E-state index contributed by atoms with van der Waals surface area (Å²) in [5.74, 6) is -3.89. The average molecular weight is 419 g/mol. The van der Waals surface area contributed by atoms with Crippen LogP contribution in [0.5, 0.6) is 0 Å². The van der Waals surface area contributed by atoms with E-state index in [1.54, 1.807) is 6.92 Å². The van der Waals surface area contributed by atoms with Crippen molar-refractivity contribution >= 4 is 21.6 Å². The molecule has 6 nitrogen and oxygen atoms in total. The number of aromatic nitrogens is 1. The van der Waals surface area contributed by atoms with Crippen molar-refractivity contribution in [1.29, 1.82) is 0 Å². The van der Waals surface area contributed by atoms with Crippen molar-refractivity contribution in [3.63, 3.8) is 0 Å². The highest BCUT2D eigenvalue weighted by Gasteiger charge is 2.32. The molecule has 1 amide bonds. The van der Waals surface area contributed by atoms with E-state index >= 15 is 0 Å². The summed E-state index contributed by atoms with van der Waals surface area (Å²) in [5, 5.41) is 2.14. The average Bonchev–Trinajstić information content (AvgIpc) is 2.87. The van der Waals surface area contributed by atoms with Crippen LogP contribution in [0.3, 0.4) is 0 Å². The second-order valence-electron chi connectivity index (χ2n) is 6.57. The molecule has 1 aliphatic heterocycles. The fourth-order valence-corrected chi connectivity index (χ4v) is 4.81. The molecule has 1 atom stereocenters. The van der Waals surface area contributed by atoms with Gasteiger partial charge in [0.1, 0.15) is 16.4 Å². The molecule has 2 heterocycles. The fourth-order valence-electron chi connectivity index (χ4n) is 3.21. The minimum absolute atomic E-state index is 0.0446. The molecule has 0 spiro atoms. The van der Waals surface area contributed by atoms with Gasteiger partial charge in [-0.2, -0.15) is 0 Å². The number of carbonyl (C=O) groups is 1. The molecule has 1 aromatic heterocycles. The van der Waals surface area contributed by atoms with Gasteiger partial charge in [-0.3, -0.25) is 4.79 Å². The van der Waals surface area contributed by atoms with Crippen molar-refractivity contribution in [1.82, 2.24) is 9.29 Å². The number of nitrogens with one attached hydrogen (secondary N) is 2. The van der Waals surface area contributed by atoms with Gasteiger partial charge in [-0.1, -0.05) is 0 Å². The van der Waals surface area contributed by atoms with Crippen LogP contribution in [0, 0.1) is 11.6 Å². The van der Waals surface area contributed by atoms with Gasteiger partial charge in [-0.05, 0) is 31.9 Å². The van der Waals surface area contributed by atoms with Crippen molar-refractivity contribution in [3.05, 3.63) is 46.8 Å². The minimum Gasteiger partial charge on any atom is -0.345 e. The number of anilines is 1. The molecule has 3 rings (SSSR count). The number of hydrogen-bond donors (Lipinski definition) is 2. The molecule has 1 aromatic carbocycles. The molecule has 1 unspecified atom stereocenters. The Balaban J connectivity index is 2.02. The lowest BCUT2D eigenvalue weighted by Gasteiger charge is -2.12. The molecular weight excluding hydrogens is 402 g/mol. The Hall–Kier alpha value is -2.40. The molecular formula is C17H17F4N3O3S. The maximum absolute atomic E-state index is 14.2. The molecule has 0 bridgehead atoms. The largest absolute Gasteiger partial charge is 0.345 e. The fraction of sp³-hybridized carbons (Fsp3) is 0.353. The summed E-state index contributed by atoms with van der Waals surface area (Å²) < 4.78 is 82.0. The maximum Gasteiger partial charge on any atom is 0.272 e. The van der Waals surface area contributed by atoms with Crippen LogP contribution in [0.2, 0.25) is 0 Å². The third-order valence-electron chi connectivity index (χ3n) is 4.53. The van der Waals surface area contributed by atoms with Gasteiger partial charge in [0.2, 0.25) is 10.0 Å². The number of carbonyl (C=O) groups excluding carboxylic acids is 1. The number of halogens is 4. The third-order valence-corrected chi connectivity index (χ3v) is 6.17. The first-order chi connectivity index (χ1) is 13.0. The smallest absolute Gasteiger partial charge is 0.272 e. The normalized spacial score (nSPS) is 18.6. The van der Waals surface area contributed by atoms with E-state index in [0.717, 1.165) is 6.07 Å². The molecule has 11 heteroatoms. The number of fused-ring (bicyclic) bond motifs is 1. The summed E-state index contributed by atoms with van der Waals surface area (Å²) in [6.07, 6.45) is -1.45. The summed E-state index contributed by atoms with van der Waals surface area (Å²) in [6.45, 7) is 1.68. The summed E-state index contributed by atoms with van der Waals surface area (Å²) in [7, 11) is -2.40. The molecule has 2 aromatic rings. The number of hydrogen-bond acceptors (Lipinski definition) is 3. The standard InChI is InChI=1S/C17H17F4N3O3S/c1-8-3-4-9-12(28(26,27)23-8)7-24(2)15(9)17(25)22-11-6-5-10(18)13(14(11)19)16(20)21/h5-8,16,23H,3-4H2,1-2H3,(H,22,25). The maximum atomic E-state index is 14.2. The van der Waals surface area contributed by atoms with Crippen LogP contribution >= 0.6 is 0 Å². The SMILES string of the molecule is CC1CCc2c(cn(C)c2C(=O)Nc2ccc(F)c(C(F)F)c2F)S(=O)(=O)N1. The molecule has 0 radical (unpaired) electrons. The summed E-state index contributed by atoms with van der Waals surface area (Å²) in [6, 6.07) is 1.11. The van der Waals surface area contributed by atoms with Crippen LogP contribution in [0.15, 0.2) is 23.2 Å². The van der Waals surface area contributed by atoms with Crippen LogP contribution in [0.4, 0.5) is 23.2 Å². The first-order valence-electron chi connectivity index (χ1n) is 8.30. The summed E-state index contributed by atoms with van der Waals surface area (Å²) in [5.41, 5.74) is -1.87. The van der Waals surface area contributed by atoms with E-state index in [2.05, 4.69) is 10.0 Å². The Morgan fingerprint density at radius 1 is 1.32 bits per heavy atom. The Morgan fingerprint density at radius 3 is 2.64 bits per heavy atom. The number of amides is 1. The van der Waals surface area contributed by atoms with Gasteiger partial charge in [0.25, 0.3) is 12.3 Å². The molecule has 28 heavy (non-hydrogen) atoms. The minimum atomic E-state index is -3.84.